The molecule has 0 saturated carbocycles. The highest BCUT2D eigenvalue weighted by atomic mass is 35.5. The monoisotopic (exact) mass is 361 g/mol. The highest BCUT2D eigenvalue weighted by Crippen LogP contribution is 2.29. The van der Waals surface area contributed by atoms with Crippen molar-refractivity contribution in [1.29, 1.82) is 0 Å². The summed E-state index contributed by atoms with van der Waals surface area (Å²) in [5.74, 6) is 1.41. The normalized spacial score (nSPS) is 16.6. The minimum absolute atomic E-state index is 0.229. The zero-order valence-electron chi connectivity index (χ0n) is 14.7. The minimum Gasteiger partial charge on any atom is -0.381 e. The number of anilines is 1. The molecular formula is C19H24ClN3O2. The van der Waals surface area contributed by atoms with E-state index in [1.807, 2.05) is 30.3 Å². The molecule has 0 amide bonds. The third kappa shape index (κ3) is 4.11. The molecule has 0 aliphatic carbocycles. The fourth-order valence-corrected chi connectivity index (χ4v) is 3.38. The number of benzene rings is 1. The molecule has 0 bridgehead atoms. The van der Waals surface area contributed by atoms with Crippen LogP contribution in [0.2, 0.25) is 5.15 Å². The van der Waals surface area contributed by atoms with Gasteiger partial charge in [-0.1, -0.05) is 48.9 Å². The Bertz CT molecular complexity index is 703. The first-order valence-electron chi connectivity index (χ1n) is 8.66. The van der Waals surface area contributed by atoms with E-state index in [1.54, 1.807) is 7.11 Å². The van der Waals surface area contributed by atoms with E-state index in [9.17, 15) is 0 Å². The van der Waals surface area contributed by atoms with E-state index in [1.165, 1.54) is 0 Å². The molecule has 1 aromatic carbocycles. The van der Waals surface area contributed by atoms with Gasteiger partial charge >= 0.3 is 0 Å². The summed E-state index contributed by atoms with van der Waals surface area (Å²) in [6.45, 7) is 4.16. The summed E-state index contributed by atoms with van der Waals surface area (Å²) in [6, 6.07) is 9.87. The van der Waals surface area contributed by atoms with Gasteiger partial charge in [0, 0.05) is 50.8 Å². The van der Waals surface area contributed by atoms with Gasteiger partial charge in [0.05, 0.1) is 5.60 Å². The first-order chi connectivity index (χ1) is 12.2. The van der Waals surface area contributed by atoms with Crippen molar-refractivity contribution in [2.75, 3.05) is 32.2 Å². The predicted octanol–water partition coefficient (Wildman–Crippen LogP) is 3.97. The Balaban J connectivity index is 1.87. The van der Waals surface area contributed by atoms with Crippen LogP contribution in [0.1, 0.15) is 25.3 Å². The van der Waals surface area contributed by atoms with E-state index in [2.05, 4.69) is 17.2 Å². The van der Waals surface area contributed by atoms with Crippen LogP contribution in [0, 0.1) is 0 Å². The molecule has 1 aromatic heterocycles. The maximum absolute atomic E-state index is 6.43. The van der Waals surface area contributed by atoms with E-state index in [4.69, 9.17) is 26.1 Å². The van der Waals surface area contributed by atoms with E-state index < -0.39 is 0 Å². The quantitative estimate of drug-likeness (QED) is 0.789. The van der Waals surface area contributed by atoms with E-state index in [-0.39, 0.29) is 5.60 Å². The summed E-state index contributed by atoms with van der Waals surface area (Å²) >= 11 is 6.43. The Hall–Kier alpha value is -1.69. The number of rotatable bonds is 6. The molecule has 0 unspecified atom stereocenters. The van der Waals surface area contributed by atoms with Gasteiger partial charge in [0.1, 0.15) is 11.0 Å². The number of methoxy groups -OCH3 is 1. The zero-order chi connectivity index (χ0) is 17.7. The van der Waals surface area contributed by atoms with Crippen molar-refractivity contribution in [2.24, 2.45) is 0 Å². The maximum Gasteiger partial charge on any atom is 0.163 e. The number of nitrogens with one attached hydrogen (secondary N) is 1. The second-order valence-corrected chi connectivity index (χ2v) is 6.60. The Morgan fingerprint density at radius 2 is 1.92 bits per heavy atom. The summed E-state index contributed by atoms with van der Waals surface area (Å²) in [5.41, 5.74) is 1.65. The highest BCUT2D eigenvalue weighted by molar-refractivity contribution is 6.30. The summed E-state index contributed by atoms with van der Waals surface area (Å²) in [7, 11) is 1.76. The standard InChI is InChI=1S/C19H24ClN3O2/c1-3-15-16(20)22-17(14-7-5-4-6-8-14)23-18(15)21-13-19(24-2)9-11-25-12-10-19/h4-8H,3,9-13H2,1-2H3,(H,21,22,23). The van der Waals surface area contributed by atoms with Gasteiger partial charge in [-0.2, -0.15) is 0 Å². The molecule has 0 spiro atoms. The first kappa shape index (κ1) is 18.1. The highest BCUT2D eigenvalue weighted by Gasteiger charge is 2.32. The van der Waals surface area contributed by atoms with Crippen molar-refractivity contribution in [3.8, 4) is 11.4 Å². The van der Waals surface area contributed by atoms with Gasteiger partial charge in [-0.05, 0) is 6.42 Å². The molecule has 134 valence electrons. The van der Waals surface area contributed by atoms with Crippen molar-refractivity contribution in [3.63, 3.8) is 0 Å². The van der Waals surface area contributed by atoms with Gasteiger partial charge in [0.15, 0.2) is 5.82 Å². The Kier molecular flexibility index (Phi) is 5.89. The Morgan fingerprint density at radius 1 is 1.20 bits per heavy atom. The van der Waals surface area contributed by atoms with Crippen molar-refractivity contribution in [1.82, 2.24) is 9.97 Å². The average molecular weight is 362 g/mol. The molecule has 2 aromatic rings. The van der Waals surface area contributed by atoms with Crippen LogP contribution in [0.5, 0.6) is 0 Å². The van der Waals surface area contributed by atoms with Gasteiger partial charge in [-0.3, -0.25) is 0 Å². The molecule has 1 fully saturated rings. The van der Waals surface area contributed by atoms with Crippen molar-refractivity contribution in [3.05, 3.63) is 41.0 Å². The molecule has 5 nitrogen and oxygen atoms in total. The molecule has 3 rings (SSSR count). The van der Waals surface area contributed by atoms with Crippen molar-refractivity contribution in [2.45, 2.75) is 31.8 Å². The zero-order valence-corrected chi connectivity index (χ0v) is 15.5. The lowest BCUT2D eigenvalue weighted by Crippen LogP contribution is -2.44. The fourth-order valence-electron chi connectivity index (χ4n) is 3.07. The molecule has 1 N–H and O–H groups in total. The minimum atomic E-state index is -0.229. The molecule has 1 saturated heterocycles. The topological polar surface area (TPSA) is 56.3 Å². The van der Waals surface area contributed by atoms with E-state index >= 15 is 0 Å². The van der Waals surface area contributed by atoms with E-state index in [0.29, 0.717) is 17.5 Å². The second kappa shape index (κ2) is 8.13. The summed E-state index contributed by atoms with van der Waals surface area (Å²) < 4.78 is 11.3. The molecule has 2 heterocycles. The number of hydrogen-bond donors (Lipinski definition) is 1. The number of halogens is 1. The predicted molar refractivity (Wildman–Crippen MR) is 100 cm³/mol. The molecular weight excluding hydrogens is 338 g/mol. The van der Waals surface area contributed by atoms with Crippen LogP contribution in [0.4, 0.5) is 5.82 Å². The lowest BCUT2D eigenvalue weighted by Gasteiger charge is -2.36. The van der Waals surface area contributed by atoms with Crippen molar-refractivity contribution < 1.29 is 9.47 Å². The SMILES string of the molecule is CCc1c(Cl)nc(-c2ccccc2)nc1NCC1(OC)CCOCC1. The third-order valence-corrected chi connectivity index (χ3v) is 5.07. The van der Waals surface area contributed by atoms with Gasteiger partial charge in [-0.15, -0.1) is 0 Å². The van der Waals surface area contributed by atoms with Crippen LogP contribution in [0.25, 0.3) is 11.4 Å². The molecule has 25 heavy (non-hydrogen) atoms. The number of hydrogen-bond acceptors (Lipinski definition) is 5. The van der Waals surface area contributed by atoms with E-state index in [0.717, 1.165) is 49.4 Å². The third-order valence-electron chi connectivity index (χ3n) is 4.76. The molecule has 1 aliphatic rings. The molecule has 0 radical (unpaired) electrons. The lowest BCUT2D eigenvalue weighted by atomic mass is 9.94. The average Bonchev–Trinajstić information content (AvgIpc) is 2.67. The summed E-state index contributed by atoms with van der Waals surface area (Å²) in [4.78, 5) is 9.20. The number of aromatic nitrogens is 2. The Labute approximate surface area is 153 Å². The van der Waals surface area contributed by atoms with Crippen LogP contribution in [0.15, 0.2) is 30.3 Å². The number of nitrogens with zero attached hydrogens (tertiary/aromatic N) is 2. The lowest BCUT2D eigenvalue weighted by molar-refractivity contribution is -0.0807. The molecule has 0 atom stereocenters. The van der Waals surface area contributed by atoms with Gasteiger partial charge < -0.3 is 14.8 Å². The summed E-state index contributed by atoms with van der Waals surface area (Å²) in [6.07, 6.45) is 2.49. The van der Waals surface area contributed by atoms with Gasteiger partial charge in [-0.25, -0.2) is 9.97 Å². The fraction of sp³-hybridized carbons (Fsp3) is 0.474. The van der Waals surface area contributed by atoms with Crippen LogP contribution >= 0.6 is 11.6 Å². The first-order valence-corrected chi connectivity index (χ1v) is 9.04. The van der Waals surface area contributed by atoms with Crippen molar-refractivity contribution >= 4 is 17.4 Å². The maximum atomic E-state index is 6.43. The van der Waals surface area contributed by atoms with Crippen LogP contribution < -0.4 is 5.32 Å². The Morgan fingerprint density at radius 3 is 2.56 bits per heavy atom. The smallest absolute Gasteiger partial charge is 0.163 e. The van der Waals surface area contributed by atoms with Crippen LogP contribution in [-0.2, 0) is 15.9 Å². The van der Waals surface area contributed by atoms with Crippen LogP contribution in [0.3, 0.4) is 0 Å². The number of ether oxygens (including phenoxy) is 2. The summed E-state index contributed by atoms with van der Waals surface area (Å²) in [5, 5.41) is 3.96. The van der Waals surface area contributed by atoms with Gasteiger partial charge in [0.2, 0.25) is 0 Å². The van der Waals surface area contributed by atoms with Crippen LogP contribution in [-0.4, -0.2) is 42.4 Å². The second-order valence-electron chi connectivity index (χ2n) is 6.24. The largest absolute Gasteiger partial charge is 0.381 e. The van der Waals surface area contributed by atoms with Gasteiger partial charge in [0.25, 0.3) is 0 Å². The molecule has 1 aliphatic heterocycles. The molecule has 6 heteroatoms.